The molecule has 1 amide bonds. The highest BCUT2D eigenvalue weighted by atomic mass is 35.5. The number of nitrogens with one attached hydrogen (secondary N) is 1. The quantitative estimate of drug-likeness (QED) is 0.306. The summed E-state index contributed by atoms with van der Waals surface area (Å²) in [7, 11) is 0. The molecule has 1 N–H and O–H groups in total. The maximum atomic E-state index is 13.7. The molecular formula is C22H12ClF8N5O3. The molecule has 1 aromatic carbocycles. The van der Waals surface area contributed by atoms with E-state index < -0.39 is 60.1 Å². The minimum Gasteiger partial charge on any atom is -0.491 e. The zero-order valence-electron chi connectivity index (χ0n) is 18.9. The van der Waals surface area contributed by atoms with Gasteiger partial charge in [-0.15, -0.1) is 0 Å². The predicted octanol–water partition coefficient (Wildman–Crippen LogP) is 5.64. The van der Waals surface area contributed by atoms with E-state index in [0.29, 0.717) is 12.1 Å². The number of rotatable bonds is 5. The lowest BCUT2D eigenvalue weighted by molar-refractivity contribution is -0.140. The van der Waals surface area contributed by atoms with Crippen molar-refractivity contribution >= 4 is 23.2 Å². The molecule has 3 aromatic heterocycles. The second-order valence-corrected chi connectivity index (χ2v) is 8.86. The van der Waals surface area contributed by atoms with Crippen molar-refractivity contribution in [1.29, 1.82) is 0 Å². The van der Waals surface area contributed by atoms with Crippen LogP contribution in [0.3, 0.4) is 0 Å². The summed E-state index contributed by atoms with van der Waals surface area (Å²) in [5.41, 5.74) is -2.64. The number of benzene rings is 1. The van der Waals surface area contributed by atoms with E-state index in [1.54, 1.807) is 0 Å². The minimum absolute atomic E-state index is 0.0527. The maximum Gasteiger partial charge on any atom is 0.419 e. The topological polar surface area (TPSA) is 94.5 Å². The van der Waals surface area contributed by atoms with E-state index in [2.05, 4.69) is 15.1 Å². The average molecular weight is 582 g/mol. The fourth-order valence-corrected chi connectivity index (χ4v) is 4.07. The minimum atomic E-state index is -4.94. The number of hydrogen-bond acceptors (Lipinski definition) is 6. The molecule has 206 valence electrons. The van der Waals surface area contributed by atoms with Crippen molar-refractivity contribution in [2.75, 3.05) is 6.61 Å². The first-order valence-electron chi connectivity index (χ1n) is 10.7. The third kappa shape index (κ3) is 5.20. The SMILES string of the molecule is O=C1N[C@H](COc2ccc(-c3nc(-c4cn5cc(C(F)(F)F)cc(Cl)c5n4)no3)cc2C(F)(F)F)CC1(F)F. The lowest BCUT2D eigenvalue weighted by Crippen LogP contribution is -2.33. The Labute approximate surface area is 216 Å². The molecule has 0 bridgehead atoms. The van der Waals surface area contributed by atoms with Crippen LogP contribution in [0.5, 0.6) is 5.75 Å². The van der Waals surface area contributed by atoms with E-state index in [0.717, 1.165) is 28.9 Å². The van der Waals surface area contributed by atoms with E-state index in [1.807, 2.05) is 5.32 Å². The molecule has 0 spiro atoms. The van der Waals surface area contributed by atoms with E-state index >= 15 is 0 Å². The largest absolute Gasteiger partial charge is 0.491 e. The number of fused-ring (bicyclic) bond motifs is 1. The monoisotopic (exact) mass is 581 g/mol. The van der Waals surface area contributed by atoms with Crippen LogP contribution in [-0.2, 0) is 17.1 Å². The van der Waals surface area contributed by atoms with Crippen LogP contribution < -0.4 is 10.1 Å². The molecule has 0 unspecified atom stereocenters. The molecule has 8 nitrogen and oxygen atoms in total. The normalized spacial score (nSPS) is 17.6. The van der Waals surface area contributed by atoms with Crippen molar-refractivity contribution in [2.24, 2.45) is 0 Å². The summed E-state index contributed by atoms with van der Waals surface area (Å²) < 4.78 is 118. The van der Waals surface area contributed by atoms with Crippen molar-refractivity contribution in [2.45, 2.75) is 30.7 Å². The number of hydrogen-bond donors (Lipinski definition) is 1. The van der Waals surface area contributed by atoms with Crippen molar-refractivity contribution in [1.82, 2.24) is 24.8 Å². The number of imidazole rings is 1. The second kappa shape index (κ2) is 9.07. The van der Waals surface area contributed by atoms with Gasteiger partial charge in [0.2, 0.25) is 5.82 Å². The van der Waals surface area contributed by atoms with Gasteiger partial charge in [0, 0.05) is 24.4 Å². The number of pyridine rings is 1. The number of amides is 1. The van der Waals surface area contributed by atoms with Crippen LogP contribution in [0.15, 0.2) is 41.2 Å². The molecule has 0 radical (unpaired) electrons. The summed E-state index contributed by atoms with van der Waals surface area (Å²) in [6, 6.07) is 2.17. The Morgan fingerprint density at radius 2 is 1.85 bits per heavy atom. The number of halogens is 9. The Morgan fingerprint density at radius 1 is 1.10 bits per heavy atom. The molecule has 1 aliphatic rings. The zero-order chi connectivity index (χ0) is 28.3. The third-order valence-corrected chi connectivity index (χ3v) is 5.91. The Bertz CT molecular complexity index is 1580. The van der Waals surface area contributed by atoms with Gasteiger partial charge >= 0.3 is 18.3 Å². The van der Waals surface area contributed by atoms with E-state index in [-0.39, 0.29) is 33.6 Å². The van der Waals surface area contributed by atoms with Crippen LogP contribution in [0.1, 0.15) is 17.5 Å². The summed E-state index contributed by atoms with van der Waals surface area (Å²) in [5.74, 6) is -6.50. The van der Waals surface area contributed by atoms with Gasteiger partial charge in [0.15, 0.2) is 5.65 Å². The van der Waals surface area contributed by atoms with Crippen molar-refractivity contribution in [3.05, 3.63) is 52.8 Å². The summed E-state index contributed by atoms with van der Waals surface area (Å²) >= 11 is 5.91. The second-order valence-electron chi connectivity index (χ2n) is 8.45. The molecule has 1 fully saturated rings. The Hall–Kier alpha value is -3.95. The summed E-state index contributed by atoms with van der Waals surface area (Å²) in [6.45, 7) is -0.638. The molecule has 1 aliphatic heterocycles. The number of carbonyl (C=O) groups excluding carboxylic acids is 1. The molecule has 4 aromatic rings. The van der Waals surface area contributed by atoms with Gasteiger partial charge < -0.3 is 19.0 Å². The molecular weight excluding hydrogens is 570 g/mol. The summed E-state index contributed by atoms with van der Waals surface area (Å²) in [6.07, 6.45) is -8.67. The van der Waals surface area contributed by atoms with Crippen LogP contribution >= 0.6 is 11.6 Å². The van der Waals surface area contributed by atoms with Crippen LogP contribution in [0, 0.1) is 0 Å². The standard InChI is InChI=1S/C22H12ClF8N5O3/c23-13-4-10(21(26,27)28)6-36-7-14(33-17(13)36)16-34-18(39-35-16)9-1-2-15(12(3-9)22(29,30)31)38-8-11-5-20(24,25)19(37)32-11/h1-4,6-7,11H,5,8H2,(H,32,37)/t11-/m0/s1. The summed E-state index contributed by atoms with van der Waals surface area (Å²) in [4.78, 5) is 19.2. The van der Waals surface area contributed by atoms with Gasteiger partial charge in [0.05, 0.1) is 22.2 Å². The van der Waals surface area contributed by atoms with E-state index in [4.69, 9.17) is 20.9 Å². The molecule has 39 heavy (non-hydrogen) atoms. The Kier molecular flexibility index (Phi) is 6.19. The summed E-state index contributed by atoms with van der Waals surface area (Å²) in [5, 5.41) is 5.27. The number of nitrogens with zero attached hydrogens (tertiary/aromatic N) is 4. The van der Waals surface area contributed by atoms with Crippen LogP contribution in [0.2, 0.25) is 5.02 Å². The Balaban J connectivity index is 1.41. The first-order valence-corrected chi connectivity index (χ1v) is 11.1. The van der Waals surface area contributed by atoms with E-state index in [9.17, 15) is 39.9 Å². The molecule has 17 heteroatoms. The molecule has 5 rings (SSSR count). The van der Waals surface area contributed by atoms with Gasteiger partial charge in [-0.1, -0.05) is 16.8 Å². The number of alkyl halides is 8. The smallest absolute Gasteiger partial charge is 0.419 e. The maximum absolute atomic E-state index is 13.7. The van der Waals surface area contributed by atoms with Gasteiger partial charge in [-0.2, -0.15) is 40.1 Å². The number of ether oxygens (including phenoxy) is 1. The Morgan fingerprint density at radius 3 is 2.49 bits per heavy atom. The van der Waals surface area contributed by atoms with Gasteiger partial charge in [-0.3, -0.25) is 4.79 Å². The molecule has 0 aliphatic carbocycles. The lowest BCUT2D eigenvalue weighted by atomic mass is 10.1. The van der Waals surface area contributed by atoms with Crippen molar-refractivity contribution < 1.29 is 49.2 Å². The van der Waals surface area contributed by atoms with Gasteiger partial charge in [0.25, 0.3) is 11.8 Å². The first-order chi connectivity index (χ1) is 18.1. The third-order valence-electron chi connectivity index (χ3n) is 5.63. The molecule has 1 atom stereocenters. The molecule has 0 saturated carbocycles. The predicted molar refractivity (Wildman–Crippen MR) is 116 cm³/mol. The highest BCUT2D eigenvalue weighted by molar-refractivity contribution is 6.33. The highest BCUT2D eigenvalue weighted by Crippen LogP contribution is 2.39. The van der Waals surface area contributed by atoms with E-state index in [1.165, 1.54) is 0 Å². The van der Waals surface area contributed by atoms with Gasteiger partial charge in [-0.25, -0.2) is 4.98 Å². The van der Waals surface area contributed by atoms with Crippen LogP contribution in [-0.4, -0.2) is 44.0 Å². The first kappa shape index (κ1) is 26.6. The van der Waals surface area contributed by atoms with Gasteiger partial charge in [0.1, 0.15) is 18.1 Å². The van der Waals surface area contributed by atoms with Crippen molar-refractivity contribution in [3.63, 3.8) is 0 Å². The van der Waals surface area contributed by atoms with Crippen LogP contribution in [0.4, 0.5) is 35.1 Å². The van der Waals surface area contributed by atoms with Gasteiger partial charge in [-0.05, 0) is 24.3 Å². The molecule has 1 saturated heterocycles. The fraction of sp³-hybridized carbons (Fsp3) is 0.273. The number of carbonyl (C=O) groups is 1. The average Bonchev–Trinajstić information content (AvgIpc) is 3.54. The van der Waals surface area contributed by atoms with Crippen molar-refractivity contribution in [3.8, 4) is 28.7 Å². The fourth-order valence-electron chi connectivity index (χ4n) is 3.81. The van der Waals surface area contributed by atoms with Crippen LogP contribution in [0.25, 0.3) is 28.6 Å². The highest BCUT2D eigenvalue weighted by Gasteiger charge is 2.48. The number of aromatic nitrogens is 4. The lowest BCUT2D eigenvalue weighted by Gasteiger charge is -2.17. The molecule has 4 heterocycles. The zero-order valence-corrected chi connectivity index (χ0v) is 19.6.